The SMILES string of the molecule is [2H]c1c([2H])c([2H])c(-n2c3c([2H])c([2H])c([2H])c([2H])c3c3c([2H])c([2H])c([2H])c(-c4ccccc4-c4nc(-c5cccc(-c6ccccc6)c5)nc(-c5ccc6c(c5)oc5ccccc56)n4)c32)c([2H])c1[2H]. The lowest BCUT2D eigenvalue weighted by molar-refractivity contribution is 0.669. The van der Waals surface area contributed by atoms with Gasteiger partial charge in [0.1, 0.15) is 11.2 Å². The Morgan fingerprint density at radius 3 is 1.95 bits per heavy atom. The quantitative estimate of drug-likeness (QED) is 0.171. The monoisotopic (exact) mass is 728 g/mol. The highest BCUT2D eigenvalue weighted by molar-refractivity contribution is 6.14. The Kier molecular flexibility index (Phi) is 5.10. The van der Waals surface area contributed by atoms with Crippen LogP contribution >= 0.6 is 0 Å². The third kappa shape index (κ3) is 5.29. The predicted molar refractivity (Wildman–Crippen MR) is 229 cm³/mol. The Morgan fingerprint density at radius 1 is 0.411 bits per heavy atom. The molecule has 0 saturated heterocycles. The van der Waals surface area contributed by atoms with Gasteiger partial charge in [0.2, 0.25) is 0 Å². The highest BCUT2D eigenvalue weighted by Crippen LogP contribution is 2.41. The van der Waals surface area contributed by atoms with Gasteiger partial charge < -0.3 is 8.98 Å². The van der Waals surface area contributed by atoms with E-state index < -0.39 is 78.2 Å². The Balaban J connectivity index is 1.25. The van der Waals surface area contributed by atoms with Gasteiger partial charge in [0.25, 0.3) is 0 Å². The summed E-state index contributed by atoms with van der Waals surface area (Å²) in [4.78, 5) is 15.1. The summed E-state index contributed by atoms with van der Waals surface area (Å²) in [7, 11) is 0. The van der Waals surface area contributed by atoms with Crippen molar-refractivity contribution in [1.29, 1.82) is 0 Å². The van der Waals surface area contributed by atoms with Crippen LogP contribution < -0.4 is 0 Å². The second-order valence-corrected chi connectivity index (χ2v) is 13.1. The highest BCUT2D eigenvalue weighted by atomic mass is 16.3. The summed E-state index contributed by atoms with van der Waals surface area (Å²) in [6.45, 7) is 0. The first-order chi connectivity index (χ1) is 32.7. The van der Waals surface area contributed by atoms with Gasteiger partial charge in [-0.25, -0.2) is 15.0 Å². The summed E-state index contributed by atoms with van der Waals surface area (Å²) >= 11 is 0. The normalized spacial score (nSPS) is 14.6. The molecule has 0 atom stereocenters. The molecule has 56 heavy (non-hydrogen) atoms. The minimum atomic E-state index is -0.712. The van der Waals surface area contributed by atoms with Crippen LogP contribution in [0.1, 0.15) is 16.4 Å². The van der Waals surface area contributed by atoms with Gasteiger partial charge in [-0.1, -0.05) is 151 Å². The van der Waals surface area contributed by atoms with Crippen molar-refractivity contribution in [3.8, 4) is 62.1 Å². The Hall–Kier alpha value is -7.63. The first-order valence-electron chi connectivity index (χ1n) is 23.8. The fraction of sp³-hybridized carbons (Fsp3) is 0. The molecular weight excluding hydrogens is 685 g/mol. The van der Waals surface area contributed by atoms with Crippen LogP contribution in [-0.2, 0) is 0 Å². The molecule has 5 heteroatoms. The van der Waals surface area contributed by atoms with Crippen molar-refractivity contribution in [2.75, 3.05) is 0 Å². The smallest absolute Gasteiger partial charge is 0.164 e. The lowest BCUT2D eigenvalue weighted by atomic mass is 9.96. The van der Waals surface area contributed by atoms with E-state index in [0.717, 1.165) is 26.5 Å². The van der Waals surface area contributed by atoms with E-state index >= 15 is 0 Å². The maximum atomic E-state index is 9.60. The van der Waals surface area contributed by atoms with Crippen LogP contribution in [0.5, 0.6) is 0 Å². The Bertz CT molecular complexity index is 3940. The Labute approximate surface area is 339 Å². The van der Waals surface area contributed by atoms with Gasteiger partial charge in [-0.3, -0.25) is 0 Å². The number of rotatable bonds is 6. The molecule has 0 radical (unpaired) electrons. The molecule has 3 aromatic heterocycles. The summed E-state index contributed by atoms with van der Waals surface area (Å²) < 4.78 is 115. The van der Waals surface area contributed by atoms with Gasteiger partial charge in [0, 0.05) is 49.5 Å². The molecular formula is C51H32N4O. The Morgan fingerprint density at radius 2 is 1.07 bits per heavy atom. The number of fused-ring (bicyclic) bond motifs is 6. The van der Waals surface area contributed by atoms with Crippen molar-refractivity contribution in [3.05, 3.63) is 194 Å². The summed E-state index contributed by atoms with van der Waals surface area (Å²) in [5.41, 5.74) is 3.97. The molecule has 0 fully saturated rings. The zero-order valence-electron chi connectivity index (χ0n) is 41.2. The van der Waals surface area contributed by atoms with Gasteiger partial charge in [-0.15, -0.1) is 0 Å². The topological polar surface area (TPSA) is 56.7 Å². The zero-order chi connectivity index (χ0) is 47.4. The molecule has 0 saturated carbocycles. The minimum Gasteiger partial charge on any atom is -0.456 e. The standard InChI is InChI=1S/C51H32N4O/c1-3-15-33(16-4-1)34-17-13-18-35(31-34)49-52-50(36-29-30-41-40-23-10-12-28-46(40)56-47(41)32-36)54-51(53-49)44-24-8-7-21-38(44)42-25-14-26-43-39-22-9-11-27-45(39)55(48(42)43)37-19-5-2-6-20-37/h1-32H/i2D,5D,6D,9D,11D,14D,19D,20D,22D,25D,26D,27D. The van der Waals surface area contributed by atoms with Crippen molar-refractivity contribution in [3.63, 3.8) is 0 Å². The number of para-hydroxylation sites is 4. The van der Waals surface area contributed by atoms with Crippen LogP contribution in [0.25, 0.3) is 106 Å². The van der Waals surface area contributed by atoms with E-state index in [-0.39, 0.29) is 50.4 Å². The average Bonchev–Trinajstić information content (AvgIpc) is 3.92. The second kappa shape index (κ2) is 13.0. The van der Waals surface area contributed by atoms with Crippen molar-refractivity contribution in [2.24, 2.45) is 0 Å². The van der Waals surface area contributed by atoms with E-state index in [0.29, 0.717) is 27.9 Å². The van der Waals surface area contributed by atoms with E-state index in [9.17, 15) is 5.48 Å². The molecule has 5 nitrogen and oxygen atoms in total. The van der Waals surface area contributed by atoms with Gasteiger partial charge in [-0.2, -0.15) is 0 Å². The predicted octanol–water partition coefficient (Wildman–Crippen LogP) is 13.2. The fourth-order valence-corrected chi connectivity index (χ4v) is 7.33. The molecule has 0 aliphatic carbocycles. The maximum Gasteiger partial charge on any atom is 0.164 e. The molecule has 11 aromatic rings. The molecule has 0 aliphatic heterocycles. The molecule has 3 heterocycles. The van der Waals surface area contributed by atoms with Crippen molar-refractivity contribution < 1.29 is 20.9 Å². The van der Waals surface area contributed by atoms with Gasteiger partial charge in [0.15, 0.2) is 17.5 Å². The molecule has 0 bridgehead atoms. The second-order valence-electron chi connectivity index (χ2n) is 13.1. The number of benzene rings is 8. The van der Waals surface area contributed by atoms with Crippen molar-refractivity contribution >= 4 is 43.7 Å². The van der Waals surface area contributed by atoms with E-state index in [2.05, 4.69) is 0 Å². The third-order valence-corrected chi connectivity index (χ3v) is 9.86. The third-order valence-electron chi connectivity index (χ3n) is 9.86. The lowest BCUT2D eigenvalue weighted by Crippen LogP contribution is -2.02. The number of nitrogens with zero attached hydrogens (tertiary/aromatic N) is 4. The van der Waals surface area contributed by atoms with Gasteiger partial charge >= 0.3 is 0 Å². The van der Waals surface area contributed by atoms with Crippen LogP contribution in [0.2, 0.25) is 0 Å². The van der Waals surface area contributed by atoms with Crippen LogP contribution in [0.3, 0.4) is 0 Å². The van der Waals surface area contributed by atoms with Gasteiger partial charge in [0.05, 0.1) is 27.5 Å². The zero-order valence-corrected chi connectivity index (χ0v) is 29.2. The maximum absolute atomic E-state index is 9.60. The van der Waals surface area contributed by atoms with Crippen molar-refractivity contribution in [2.45, 2.75) is 0 Å². The summed E-state index contributed by atoms with van der Waals surface area (Å²) in [6, 6.07) is 30.0. The number of furan rings is 1. The number of hydrogen-bond acceptors (Lipinski definition) is 4. The molecule has 0 amide bonds. The van der Waals surface area contributed by atoms with Crippen molar-refractivity contribution in [1.82, 2.24) is 19.5 Å². The fourth-order valence-electron chi connectivity index (χ4n) is 7.33. The van der Waals surface area contributed by atoms with Crippen LogP contribution in [0.15, 0.2) is 198 Å². The molecule has 0 aliphatic rings. The molecule has 8 aromatic carbocycles. The van der Waals surface area contributed by atoms with E-state index in [1.54, 1.807) is 24.3 Å². The molecule has 0 unspecified atom stereocenters. The van der Waals surface area contributed by atoms with E-state index in [1.165, 1.54) is 0 Å². The van der Waals surface area contributed by atoms with Crippen LogP contribution in [0.4, 0.5) is 0 Å². The average molecular weight is 729 g/mol. The first-order valence-corrected chi connectivity index (χ1v) is 17.8. The molecule has 0 spiro atoms. The van der Waals surface area contributed by atoms with Crippen LogP contribution in [0, 0.1) is 0 Å². The molecule has 262 valence electrons. The summed E-state index contributed by atoms with van der Waals surface area (Å²) in [6.07, 6.45) is 0. The molecule has 0 N–H and O–H groups in total. The summed E-state index contributed by atoms with van der Waals surface area (Å²) in [5, 5.41) is 1.43. The minimum absolute atomic E-state index is 0.0743. The van der Waals surface area contributed by atoms with Gasteiger partial charge in [-0.05, 0) is 59.1 Å². The van der Waals surface area contributed by atoms with Crippen LogP contribution in [-0.4, -0.2) is 19.5 Å². The van der Waals surface area contributed by atoms with E-state index in [4.69, 9.17) is 30.3 Å². The highest BCUT2D eigenvalue weighted by Gasteiger charge is 2.21. The largest absolute Gasteiger partial charge is 0.456 e. The first kappa shape index (κ1) is 21.9. The summed E-state index contributed by atoms with van der Waals surface area (Å²) in [5.74, 6) is 0.681. The number of aromatic nitrogens is 4. The lowest BCUT2D eigenvalue weighted by Gasteiger charge is -2.15. The molecule has 11 rings (SSSR count). The number of hydrogen-bond donors (Lipinski definition) is 0. The van der Waals surface area contributed by atoms with E-state index in [1.807, 2.05) is 97.1 Å².